The molecule has 1 atom stereocenters. The summed E-state index contributed by atoms with van der Waals surface area (Å²) in [6.45, 7) is 6.33. The van der Waals surface area contributed by atoms with Crippen molar-refractivity contribution in [1.29, 1.82) is 0 Å². The van der Waals surface area contributed by atoms with Gasteiger partial charge in [-0.3, -0.25) is 0 Å². The molecular formula is C9H16N2. The van der Waals surface area contributed by atoms with Crippen LogP contribution in [-0.4, -0.2) is 4.98 Å². The largest absolute Gasteiger partial charge is 0.365 e. The second-order valence-corrected chi connectivity index (χ2v) is 3.33. The highest BCUT2D eigenvalue weighted by Gasteiger charge is 2.12. The fourth-order valence-electron chi connectivity index (χ4n) is 1.19. The standard InChI is InChI=1S/C9H16N2/c1-6(2)9(10)8-4-5-11-7(8)3/h4-6,9,11H,10H2,1-3H3/t9-/m0/s1. The van der Waals surface area contributed by atoms with Gasteiger partial charge in [0.2, 0.25) is 0 Å². The maximum absolute atomic E-state index is 5.96. The van der Waals surface area contributed by atoms with E-state index in [0.717, 1.165) is 0 Å². The Bertz CT molecular complexity index is 225. The maximum atomic E-state index is 5.96. The molecule has 2 nitrogen and oxygen atoms in total. The third-order valence-electron chi connectivity index (χ3n) is 2.07. The molecule has 1 rings (SSSR count). The fraction of sp³-hybridized carbons (Fsp3) is 0.556. The zero-order valence-corrected chi connectivity index (χ0v) is 7.39. The zero-order chi connectivity index (χ0) is 8.43. The summed E-state index contributed by atoms with van der Waals surface area (Å²) in [4.78, 5) is 3.12. The molecule has 0 saturated carbocycles. The lowest BCUT2D eigenvalue weighted by Gasteiger charge is -2.14. The number of nitrogens with one attached hydrogen (secondary N) is 1. The SMILES string of the molecule is Cc1[nH]ccc1[C@@H](N)C(C)C. The molecule has 62 valence electrons. The first-order chi connectivity index (χ1) is 5.13. The second kappa shape index (κ2) is 3.09. The average Bonchev–Trinajstić information content (AvgIpc) is 2.33. The van der Waals surface area contributed by atoms with Gasteiger partial charge in [-0.2, -0.15) is 0 Å². The van der Waals surface area contributed by atoms with E-state index in [-0.39, 0.29) is 6.04 Å². The highest BCUT2D eigenvalue weighted by Crippen LogP contribution is 2.20. The molecule has 0 radical (unpaired) electrons. The van der Waals surface area contributed by atoms with E-state index in [1.807, 2.05) is 6.20 Å². The molecule has 3 N–H and O–H groups in total. The Morgan fingerprint density at radius 1 is 1.45 bits per heavy atom. The Morgan fingerprint density at radius 2 is 2.09 bits per heavy atom. The Balaban J connectivity index is 2.84. The van der Waals surface area contributed by atoms with Crippen LogP contribution in [-0.2, 0) is 0 Å². The van der Waals surface area contributed by atoms with Crippen LogP contribution in [0.5, 0.6) is 0 Å². The highest BCUT2D eigenvalue weighted by molar-refractivity contribution is 5.23. The number of aromatic nitrogens is 1. The van der Waals surface area contributed by atoms with E-state index in [9.17, 15) is 0 Å². The number of hydrogen-bond donors (Lipinski definition) is 2. The van der Waals surface area contributed by atoms with Crippen LogP contribution in [0.4, 0.5) is 0 Å². The van der Waals surface area contributed by atoms with Crippen LogP contribution in [0.2, 0.25) is 0 Å². The minimum absolute atomic E-state index is 0.168. The molecule has 2 heteroatoms. The summed E-state index contributed by atoms with van der Waals surface area (Å²) in [7, 11) is 0. The number of aromatic amines is 1. The van der Waals surface area contributed by atoms with Crippen molar-refractivity contribution in [1.82, 2.24) is 4.98 Å². The normalized spacial score (nSPS) is 13.9. The summed E-state index contributed by atoms with van der Waals surface area (Å²) < 4.78 is 0. The van der Waals surface area contributed by atoms with Crippen molar-refractivity contribution in [2.75, 3.05) is 0 Å². The van der Waals surface area contributed by atoms with Crippen LogP contribution >= 0.6 is 0 Å². The minimum Gasteiger partial charge on any atom is -0.365 e. The molecule has 0 aliphatic carbocycles. The maximum Gasteiger partial charge on any atom is 0.0335 e. The van der Waals surface area contributed by atoms with E-state index in [1.165, 1.54) is 11.3 Å². The molecule has 0 unspecified atom stereocenters. The minimum atomic E-state index is 0.168. The smallest absolute Gasteiger partial charge is 0.0335 e. The molecule has 11 heavy (non-hydrogen) atoms. The quantitative estimate of drug-likeness (QED) is 0.668. The summed E-state index contributed by atoms with van der Waals surface area (Å²) in [5, 5.41) is 0. The van der Waals surface area contributed by atoms with E-state index in [2.05, 4.69) is 31.8 Å². The van der Waals surface area contributed by atoms with Gasteiger partial charge in [0.25, 0.3) is 0 Å². The molecule has 1 aromatic heterocycles. The molecule has 0 aliphatic heterocycles. The molecule has 0 aliphatic rings. The van der Waals surface area contributed by atoms with Crippen LogP contribution in [0.25, 0.3) is 0 Å². The summed E-state index contributed by atoms with van der Waals surface area (Å²) in [5.41, 5.74) is 8.39. The molecule has 0 bridgehead atoms. The number of rotatable bonds is 2. The first kappa shape index (κ1) is 8.34. The Hall–Kier alpha value is -0.760. The summed E-state index contributed by atoms with van der Waals surface area (Å²) in [5.74, 6) is 0.504. The predicted octanol–water partition coefficient (Wildman–Crippen LogP) is 1.98. The van der Waals surface area contributed by atoms with Crippen LogP contribution in [0.15, 0.2) is 12.3 Å². The molecule has 1 aromatic rings. The molecule has 0 aromatic carbocycles. The van der Waals surface area contributed by atoms with Crippen LogP contribution < -0.4 is 5.73 Å². The lowest BCUT2D eigenvalue weighted by Crippen LogP contribution is -2.16. The van der Waals surface area contributed by atoms with Crippen molar-refractivity contribution in [3.05, 3.63) is 23.5 Å². The van der Waals surface area contributed by atoms with E-state index in [0.29, 0.717) is 5.92 Å². The van der Waals surface area contributed by atoms with Gasteiger partial charge in [-0.05, 0) is 24.5 Å². The van der Waals surface area contributed by atoms with Crippen LogP contribution in [0, 0.1) is 12.8 Å². The summed E-state index contributed by atoms with van der Waals surface area (Å²) >= 11 is 0. The monoisotopic (exact) mass is 152 g/mol. The van der Waals surface area contributed by atoms with Crippen LogP contribution in [0.3, 0.4) is 0 Å². The van der Waals surface area contributed by atoms with Gasteiger partial charge in [-0.15, -0.1) is 0 Å². The van der Waals surface area contributed by atoms with Gasteiger partial charge in [-0.25, -0.2) is 0 Å². The zero-order valence-electron chi connectivity index (χ0n) is 7.39. The van der Waals surface area contributed by atoms with Gasteiger partial charge in [0, 0.05) is 17.9 Å². The lowest BCUT2D eigenvalue weighted by molar-refractivity contribution is 0.512. The average molecular weight is 152 g/mol. The van der Waals surface area contributed by atoms with Crippen LogP contribution in [0.1, 0.15) is 31.1 Å². The van der Waals surface area contributed by atoms with Gasteiger partial charge >= 0.3 is 0 Å². The van der Waals surface area contributed by atoms with Crippen molar-refractivity contribution >= 4 is 0 Å². The Morgan fingerprint density at radius 3 is 2.45 bits per heavy atom. The van der Waals surface area contributed by atoms with Crippen molar-refractivity contribution in [2.24, 2.45) is 11.7 Å². The topological polar surface area (TPSA) is 41.8 Å². The van der Waals surface area contributed by atoms with E-state index in [4.69, 9.17) is 5.73 Å². The van der Waals surface area contributed by atoms with Gasteiger partial charge in [-0.1, -0.05) is 13.8 Å². The van der Waals surface area contributed by atoms with E-state index < -0.39 is 0 Å². The number of nitrogens with two attached hydrogens (primary N) is 1. The second-order valence-electron chi connectivity index (χ2n) is 3.33. The van der Waals surface area contributed by atoms with Crippen molar-refractivity contribution in [3.8, 4) is 0 Å². The molecule has 0 amide bonds. The van der Waals surface area contributed by atoms with Crippen molar-refractivity contribution < 1.29 is 0 Å². The van der Waals surface area contributed by atoms with Gasteiger partial charge in [0.05, 0.1) is 0 Å². The van der Waals surface area contributed by atoms with E-state index in [1.54, 1.807) is 0 Å². The highest BCUT2D eigenvalue weighted by atomic mass is 14.7. The number of H-pyrrole nitrogens is 1. The molecular weight excluding hydrogens is 136 g/mol. The first-order valence-electron chi connectivity index (χ1n) is 4.02. The first-order valence-corrected chi connectivity index (χ1v) is 4.02. The number of hydrogen-bond acceptors (Lipinski definition) is 1. The Labute approximate surface area is 67.8 Å². The fourth-order valence-corrected chi connectivity index (χ4v) is 1.19. The summed E-state index contributed by atoms with van der Waals surface area (Å²) in [6, 6.07) is 2.22. The number of aryl methyl sites for hydroxylation is 1. The van der Waals surface area contributed by atoms with Crippen molar-refractivity contribution in [3.63, 3.8) is 0 Å². The third-order valence-corrected chi connectivity index (χ3v) is 2.07. The van der Waals surface area contributed by atoms with Gasteiger partial charge in [0.15, 0.2) is 0 Å². The lowest BCUT2D eigenvalue weighted by atomic mass is 9.98. The van der Waals surface area contributed by atoms with E-state index >= 15 is 0 Å². The third kappa shape index (κ3) is 1.63. The van der Waals surface area contributed by atoms with Gasteiger partial charge in [0.1, 0.15) is 0 Å². The Kier molecular flexibility index (Phi) is 2.35. The molecule has 0 saturated heterocycles. The summed E-state index contributed by atoms with van der Waals surface area (Å²) in [6.07, 6.45) is 1.94. The molecule has 0 spiro atoms. The van der Waals surface area contributed by atoms with Gasteiger partial charge < -0.3 is 10.7 Å². The predicted molar refractivity (Wildman–Crippen MR) is 47.3 cm³/mol. The molecule has 1 heterocycles. The molecule has 0 fully saturated rings. The van der Waals surface area contributed by atoms with Crippen molar-refractivity contribution in [2.45, 2.75) is 26.8 Å².